The van der Waals surface area contributed by atoms with E-state index in [1.807, 2.05) is 12.1 Å². The van der Waals surface area contributed by atoms with Crippen LogP contribution < -0.4 is 10.6 Å². The molecular weight excluding hydrogens is 275 g/mol. The highest BCUT2D eigenvalue weighted by molar-refractivity contribution is 7.80. The smallest absolute Gasteiger partial charge is 0.166 e. The van der Waals surface area contributed by atoms with Gasteiger partial charge in [0.05, 0.1) is 0 Å². The van der Waals surface area contributed by atoms with Crippen molar-refractivity contribution in [2.75, 3.05) is 6.54 Å². The molecule has 0 unspecified atom stereocenters. The highest BCUT2D eigenvalue weighted by Crippen LogP contribution is 2.27. The summed E-state index contributed by atoms with van der Waals surface area (Å²) in [4.78, 5) is 0. The summed E-state index contributed by atoms with van der Waals surface area (Å²) in [5.74, 6) is 0.814. The summed E-state index contributed by atoms with van der Waals surface area (Å²) in [6, 6.07) is 5.47. The van der Waals surface area contributed by atoms with E-state index in [1.54, 1.807) is 6.07 Å². The molecule has 0 heterocycles. The minimum absolute atomic E-state index is 0.618. The Bertz CT molecular complexity index is 419. The van der Waals surface area contributed by atoms with Gasteiger partial charge in [0, 0.05) is 23.1 Å². The fraction of sp³-hybridized carbons (Fsp3) is 0.417. The van der Waals surface area contributed by atoms with E-state index in [2.05, 4.69) is 10.6 Å². The molecule has 0 amide bonds. The molecular formula is C12H14Cl2N2S. The Kier molecular flexibility index (Phi) is 4.48. The number of thiocarbonyl (C=S) groups is 1. The summed E-state index contributed by atoms with van der Waals surface area (Å²) in [7, 11) is 0. The van der Waals surface area contributed by atoms with Gasteiger partial charge in [-0.3, -0.25) is 0 Å². The average Bonchev–Trinajstić information content (AvgIpc) is 3.09. The van der Waals surface area contributed by atoms with Gasteiger partial charge in [-0.05, 0) is 48.7 Å². The van der Waals surface area contributed by atoms with Crippen LogP contribution in [0.1, 0.15) is 18.4 Å². The molecule has 0 spiro atoms. The second-order valence-electron chi connectivity index (χ2n) is 4.24. The first-order valence-electron chi connectivity index (χ1n) is 5.61. The molecule has 1 aliphatic carbocycles. The van der Waals surface area contributed by atoms with E-state index in [0.717, 1.165) is 18.0 Å². The summed E-state index contributed by atoms with van der Waals surface area (Å²) in [5, 5.41) is 8.32. The number of hydrogen-bond acceptors (Lipinski definition) is 1. The van der Waals surface area contributed by atoms with Crippen molar-refractivity contribution in [3.63, 3.8) is 0 Å². The van der Waals surface area contributed by atoms with E-state index in [0.29, 0.717) is 21.7 Å². The molecule has 0 radical (unpaired) electrons. The Morgan fingerprint density at radius 1 is 1.29 bits per heavy atom. The van der Waals surface area contributed by atoms with Crippen molar-refractivity contribution >= 4 is 40.5 Å². The van der Waals surface area contributed by atoms with Crippen molar-refractivity contribution in [1.29, 1.82) is 0 Å². The molecule has 1 fully saturated rings. The second kappa shape index (κ2) is 5.89. The lowest BCUT2D eigenvalue weighted by molar-refractivity contribution is 0.750. The number of halogens is 2. The Morgan fingerprint density at radius 3 is 2.71 bits per heavy atom. The number of nitrogens with one attached hydrogen (secondary N) is 2. The van der Waals surface area contributed by atoms with Crippen LogP contribution in [0.25, 0.3) is 0 Å². The SMILES string of the molecule is S=C(NCc1ccc(Cl)cc1Cl)NCC1CC1. The van der Waals surface area contributed by atoms with E-state index in [1.165, 1.54) is 12.8 Å². The van der Waals surface area contributed by atoms with E-state index < -0.39 is 0 Å². The summed E-state index contributed by atoms with van der Waals surface area (Å²) in [6.07, 6.45) is 2.64. The zero-order valence-corrected chi connectivity index (χ0v) is 11.6. The number of benzene rings is 1. The highest BCUT2D eigenvalue weighted by atomic mass is 35.5. The maximum atomic E-state index is 6.06. The fourth-order valence-corrected chi connectivity index (χ4v) is 2.09. The van der Waals surface area contributed by atoms with Crippen LogP contribution in [0.3, 0.4) is 0 Å². The highest BCUT2D eigenvalue weighted by Gasteiger charge is 2.20. The topological polar surface area (TPSA) is 24.1 Å². The predicted molar refractivity (Wildman–Crippen MR) is 76.6 cm³/mol. The van der Waals surface area contributed by atoms with Crippen LogP contribution in [0.2, 0.25) is 10.0 Å². The number of rotatable bonds is 4. The van der Waals surface area contributed by atoms with Gasteiger partial charge in [-0.25, -0.2) is 0 Å². The molecule has 2 N–H and O–H groups in total. The first-order chi connectivity index (χ1) is 8.15. The monoisotopic (exact) mass is 288 g/mol. The van der Waals surface area contributed by atoms with Crippen LogP contribution in [0, 0.1) is 5.92 Å². The third kappa shape index (κ3) is 4.34. The van der Waals surface area contributed by atoms with Gasteiger partial charge in [0.15, 0.2) is 5.11 Å². The van der Waals surface area contributed by atoms with Crippen molar-refractivity contribution in [2.45, 2.75) is 19.4 Å². The van der Waals surface area contributed by atoms with E-state index in [-0.39, 0.29) is 0 Å². The molecule has 2 rings (SSSR count). The summed E-state index contributed by atoms with van der Waals surface area (Å²) in [6.45, 7) is 1.59. The lowest BCUT2D eigenvalue weighted by atomic mass is 10.2. The van der Waals surface area contributed by atoms with Crippen LogP contribution in [0.4, 0.5) is 0 Å². The van der Waals surface area contributed by atoms with Crippen molar-refractivity contribution in [3.05, 3.63) is 33.8 Å². The van der Waals surface area contributed by atoms with Crippen LogP contribution >= 0.6 is 35.4 Å². The Balaban J connectivity index is 1.77. The van der Waals surface area contributed by atoms with Gasteiger partial charge < -0.3 is 10.6 Å². The van der Waals surface area contributed by atoms with Crippen molar-refractivity contribution < 1.29 is 0 Å². The van der Waals surface area contributed by atoms with Crippen molar-refractivity contribution in [3.8, 4) is 0 Å². The average molecular weight is 289 g/mol. The molecule has 17 heavy (non-hydrogen) atoms. The number of hydrogen-bond donors (Lipinski definition) is 2. The molecule has 92 valence electrons. The molecule has 0 atom stereocenters. The normalized spacial score (nSPS) is 14.5. The fourth-order valence-electron chi connectivity index (χ4n) is 1.46. The Hall–Kier alpha value is -0.510. The van der Waals surface area contributed by atoms with Gasteiger partial charge in [-0.2, -0.15) is 0 Å². The molecule has 2 nitrogen and oxygen atoms in total. The summed E-state index contributed by atoms with van der Waals surface area (Å²) in [5.41, 5.74) is 0.992. The lowest BCUT2D eigenvalue weighted by Crippen LogP contribution is -2.35. The van der Waals surface area contributed by atoms with Gasteiger partial charge >= 0.3 is 0 Å². The van der Waals surface area contributed by atoms with Crippen LogP contribution in [-0.4, -0.2) is 11.7 Å². The first-order valence-corrected chi connectivity index (χ1v) is 6.77. The molecule has 1 aromatic carbocycles. The molecule has 0 aromatic heterocycles. The summed E-state index contributed by atoms with van der Waals surface area (Å²) < 4.78 is 0. The van der Waals surface area contributed by atoms with Gasteiger partial charge in [-0.1, -0.05) is 29.3 Å². The molecule has 1 saturated carbocycles. The van der Waals surface area contributed by atoms with Crippen molar-refractivity contribution in [2.24, 2.45) is 5.92 Å². The zero-order chi connectivity index (χ0) is 12.3. The van der Waals surface area contributed by atoms with Gasteiger partial charge in [0.25, 0.3) is 0 Å². The van der Waals surface area contributed by atoms with Gasteiger partial charge in [0.2, 0.25) is 0 Å². The summed E-state index contributed by atoms with van der Waals surface area (Å²) >= 11 is 17.1. The minimum atomic E-state index is 0.618. The largest absolute Gasteiger partial charge is 0.362 e. The standard InChI is InChI=1S/C12H14Cl2N2S/c13-10-4-3-9(11(14)5-10)7-16-12(17)15-6-8-1-2-8/h3-5,8H,1-2,6-7H2,(H2,15,16,17). The van der Waals surface area contributed by atoms with Crippen LogP contribution in [0.5, 0.6) is 0 Å². The molecule has 1 aromatic rings. The first kappa shape index (κ1) is 12.9. The maximum Gasteiger partial charge on any atom is 0.166 e. The predicted octanol–water partition coefficient (Wildman–Crippen LogP) is 3.37. The molecule has 5 heteroatoms. The molecule has 0 bridgehead atoms. The quantitative estimate of drug-likeness (QED) is 0.831. The maximum absolute atomic E-state index is 6.06. The van der Waals surface area contributed by atoms with Crippen molar-refractivity contribution in [1.82, 2.24) is 10.6 Å². The van der Waals surface area contributed by atoms with E-state index in [4.69, 9.17) is 35.4 Å². The minimum Gasteiger partial charge on any atom is -0.362 e. The third-order valence-electron chi connectivity index (χ3n) is 2.70. The van der Waals surface area contributed by atoms with E-state index >= 15 is 0 Å². The third-order valence-corrected chi connectivity index (χ3v) is 3.58. The van der Waals surface area contributed by atoms with E-state index in [9.17, 15) is 0 Å². The molecule has 0 aliphatic heterocycles. The Morgan fingerprint density at radius 2 is 2.06 bits per heavy atom. The van der Waals surface area contributed by atoms with Crippen LogP contribution in [0.15, 0.2) is 18.2 Å². The zero-order valence-electron chi connectivity index (χ0n) is 9.30. The molecule has 1 aliphatic rings. The van der Waals surface area contributed by atoms with Crippen LogP contribution in [-0.2, 0) is 6.54 Å². The van der Waals surface area contributed by atoms with Gasteiger partial charge in [-0.15, -0.1) is 0 Å². The lowest BCUT2D eigenvalue weighted by Gasteiger charge is -2.11. The van der Waals surface area contributed by atoms with Gasteiger partial charge in [0.1, 0.15) is 0 Å². The second-order valence-corrected chi connectivity index (χ2v) is 5.49. The molecule has 0 saturated heterocycles. The Labute approximate surface area is 117 Å².